The molecule has 1 fully saturated rings. The van der Waals surface area contributed by atoms with E-state index in [4.69, 9.17) is 5.73 Å². The van der Waals surface area contributed by atoms with E-state index < -0.39 is 23.6 Å². The van der Waals surface area contributed by atoms with Crippen molar-refractivity contribution < 1.29 is 22.9 Å². The van der Waals surface area contributed by atoms with Crippen LogP contribution >= 0.6 is 0 Å². The number of nitro groups is 1. The van der Waals surface area contributed by atoms with Gasteiger partial charge in [0, 0.05) is 32.2 Å². The highest BCUT2D eigenvalue weighted by Gasteiger charge is 2.32. The molecule has 8 nitrogen and oxygen atoms in total. The summed E-state index contributed by atoms with van der Waals surface area (Å²) in [6, 6.07) is 1.03. The van der Waals surface area contributed by atoms with Gasteiger partial charge < -0.3 is 10.6 Å². The van der Waals surface area contributed by atoms with Crippen LogP contribution in [0.3, 0.4) is 0 Å². The van der Waals surface area contributed by atoms with Crippen molar-refractivity contribution in [2.45, 2.75) is 12.6 Å². The summed E-state index contributed by atoms with van der Waals surface area (Å²) < 4.78 is 37.5. The van der Waals surface area contributed by atoms with Gasteiger partial charge in [-0.25, -0.2) is 4.98 Å². The predicted molar refractivity (Wildman–Crippen MR) is 78.7 cm³/mol. The third-order valence-corrected chi connectivity index (χ3v) is 3.62. The first-order chi connectivity index (χ1) is 11.2. The molecule has 0 bridgehead atoms. The minimum absolute atomic E-state index is 0.117. The molecule has 1 aromatic heterocycles. The van der Waals surface area contributed by atoms with E-state index in [1.54, 1.807) is 4.90 Å². The summed E-state index contributed by atoms with van der Waals surface area (Å²) in [5.74, 6) is -0.723. The molecule has 24 heavy (non-hydrogen) atoms. The van der Waals surface area contributed by atoms with E-state index in [1.165, 1.54) is 4.90 Å². The Bertz CT molecular complexity index is 638. The molecule has 2 rings (SSSR count). The van der Waals surface area contributed by atoms with Crippen LogP contribution in [0.2, 0.25) is 0 Å². The molecule has 0 unspecified atom stereocenters. The lowest BCUT2D eigenvalue weighted by molar-refractivity contribution is -0.385. The van der Waals surface area contributed by atoms with E-state index in [2.05, 4.69) is 4.98 Å². The molecule has 0 spiro atoms. The Morgan fingerprint density at radius 2 is 2.04 bits per heavy atom. The van der Waals surface area contributed by atoms with Gasteiger partial charge in [-0.2, -0.15) is 13.2 Å². The van der Waals surface area contributed by atoms with Gasteiger partial charge in [0.15, 0.2) is 0 Å². The average molecular weight is 347 g/mol. The van der Waals surface area contributed by atoms with Crippen LogP contribution in [0.25, 0.3) is 0 Å². The number of halogens is 3. The fourth-order valence-corrected chi connectivity index (χ4v) is 2.57. The highest BCUT2D eigenvalue weighted by molar-refractivity contribution is 5.98. The van der Waals surface area contributed by atoms with Crippen LogP contribution in [0.4, 0.5) is 24.7 Å². The minimum atomic E-state index is -4.28. The molecule has 1 aromatic rings. The molecule has 132 valence electrons. The van der Waals surface area contributed by atoms with E-state index in [-0.39, 0.29) is 36.7 Å². The molecule has 11 heteroatoms. The lowest BCUT2D eigenvalue weighted by atomic mass is 10.2. The fourth-order valence-electron chi connectivity index (χ4n) is 2.57. The third-order valence-electron chi connectivity index (χ3n) is 3.62. The summed E-state index contributed by atoms with van der Waals surface area (Å²) in [5.41, 5.74) is 4.76. The van der Waals surface area contributed by atoms with E-state index in [1.807, 2.05) is 0 Å². The van der Waals surface area contributed by atoms with Crippen molar-refractivity contribution in [3.63, 3.8) is 0 Å². The van der Waals surface area contributed by atoms with Crippen LogP contribution in [0.5, 0.6) is 0 Å². The van der Waals surface area contributed by atoms with Crippen molar-refractivity contribution in [2.75, 3.05) is 37.6 Å². The molecule has 0 aliphatic carbocycles. The van der Waals surface area contributed by atoms with Crippen molar-refractivity contribution in [1.29, 1.82) is 0 Å². The highest BCUT2D eigenvalue weighted by Crippen LogP contribution is 2.24. The molecule has 1 saturated heterocycles. The van der Waals surface area contributed by atoms with E-state index in [9.17, 15) is 28.1 Å². The topological polar surface area (TPSA) is 106 Å². The van der Waals surface area contributed by atoms with Crippen LogP contribution in [0.1, 0.15) is 16.8 Å². The predicted octanol–water partition coefficient (Wildman–Crippen LogP) is 1.16. The first-order valence-corrected chi connectivity index (χ1v) is 7.15. The second-order valence-corrected chi connectivity index (χ2v) is 5.42. The molecule has 0 radical (unpaired) electrons. The van der Waals surface area contributed by atoms with Crippen LogP contribution < -0.4 is 10.6 Å². The normalized spacial score (nSPS) is 16.7. The molecule has 1 aliphatic heterocycles. The molecule has 2 N–H and O–H groups in total. The summed E-state index contributed by atoms with van der Waals surface area (Å²) >= 11 is 0. The van der Waals surface area contributed by atoms with Gasteiger partial charge in [0.05, 0.1) is 17.0 Å². The van der Waals surface area contributed by atoms with Crippen molar-refractivity contribution in [1.82, 2.24) is 9.88 Å². The van der Waals surface area contributed by atoms with Crippen molar-refractivity contribution in [3.05, 3.63) is 27.9 Å². The Balaban J connectivity index is 2.19. The molecule has 0 saturated carbocycles. The molecule has 1 amide bonds. The fraction of sp³-hybridized carbons (Fsp3) is 0.538. The molecular formula is C13H16F3N5O3. The summed E-state index contributed by atoms with van der Waals surface area (Å²) in [4.78, 5) is 28.5. The number of rotatable bonds is 4. The Morgan fingerprint density at radius 3 is 2.62 bits per heavy atom. The Hall–Kier alpha value is -2.43. The zero-order valence-corrected chi connectivity index (χ0v) is 12.6. The summed E-state index contributed by atoms with van der Waals surface area (Å²) in [6.45, 7) is -0.0247. The first kappa shape index (κ1) is 17.9. The van der Waals surface area contributed by atoms with Crippen LogP contribution in [0, 0.1) is 10.1 Å². The van der Waals surface area contributed by atoms with Gasteiger partial charge in [-0.15, -0.1) is 0 Å². The Kier molecular flexibility index (Phi) is 5.22. The zero-order valence-electron chi connectivity index (χ0n) is 12.6. The standard InChI is InChI=1S/C13H16F3N5O3/c14-13(15,16)8-19-2-1-3-20(5-4-19)12-10(11(17)22)6-9(7-18-12)21(23)24/h6-7H,1-5,8H2,(H2,17,22). The second-order valence-electron chi connectivity index (χ2n) is 5.42. The average Bonchev–Trinajstić information content (AvgIpc) is 2.70. The number of nitrogens with zero attached hydrogens (tertiary/aromatic N) is 4. The zero-order chi connectivity index (χ0) is 17.9. The number of pyridine rings is 1. The van der Waals surface area contributed by atoms with Crippen LogP contribution in [0.15, 0.2) is 12.3 Å². The van der Waals surface area contributed by atoms with Crippen molar-refractivity contribution in [2.24, 2.45) is 5.73 Å². The maximum atomic E-state index is 12.5. The van der Waals surface area contributed by atoms with Gasteiger partial charge in [-0.3, -0.25) is 19.8 Å². The Morgan fingerprint density at radius 1 is 1.33 bits per heavy atom. The van der Waals surface area contributed by atoms with Gasteiger partial charge in [0.25, 0.3) is 11.6 Å². The van der Waals surface area contributed by atoms with Gasteiger partial charge in [0.2, 0.25) is 0 Å². The maximum absolute atomic E-state index is 12.5. The van der Waals surface area contributed by atoms with E-state index in [0.717, 1.165) is 12.3 Å². The maximum Gasteiger partial charge on any atom is 0.401 e. The molecular weight excluding hydrogens is 331 g/mol. The largest absolute Gasteiger partial charge is 0.401 e. The number of hydrogen-bond donors (Lipinski definition) is 1. The number of amides is 1. The quantitative estimate of drug-likeness (QED) is 0.647. The SMILES string of the molecule is NC(=O)c1cc([N+](=O)[O-])cnc1N1CCCN(CC(F)(F)F)CC1. The lowest BCUT2D eigenvalue weighted by Gasteiger charge is -2.24. The number of carbonyl (C=O) groups is 1. The number of carbonyl (C=O) groups excluding carboxylic acids is 1. The van der Waals surface area contributed by atoms with E-state index >= 15 is 0 Å². The number of anilines is 1. The highest BCUT2D eigenvalue weighted by atomic mass is 19.4. The van der Waals surface area contributed by atoms with Gasteiger partial charge >= 0.3 is 6.18 Å². The van der Waals surface area contributed by atoms with Gasteiger partial charge in [-0.05, 0) is 6.42 Å². The summed E-state index contributed by atoms with van der Waals surface area (Å²) in [7, 11) is 0. The molecule has 2 heterocycles. The number of hydrogen-bond acceptors (Lipinski definition) is 6. The lowest BCUT2D eigenvalue weighted by Crippen LogP contribution is -2.37. The summed E-state index contributed by atoms with van der Waals surface area (Å²) in [6.07, 6.45) is -2.84. The third kappa shape index (κ3) is 4.54. The molecule has 1 aliphatic rings. The molecule has 0 atom stereocenters. The van der Waals surface area contributed by atoms with Crippen molar-refractivity contribution >= 4 is 17.4 Å². The minimum Gasteiger partial charge on any atom is -0.365 e. The molecule has 0 aromatic carbocycles. The number of aromatic nitrogens is 1. The second kappa shape index (κ2) is 6.99. The Labute approximate surface area is 135 Å². The van der Waals surface area contributed by atoms with Gasteiger partial charge in [0.1, 0.15) is 12.0 Å². The number of primary amides is 1. The smallest absolute Gasteiger partial charge is 0.365 e. The van der Waals surface area contributed by atoms with Gasteiger partial charge in [-0.1, -0.05) is 0 Å². The number of nitrogens with two attached hydrogens (primary N) is 1. The van der Waals surface area contributed by atoms with Crippen LogP contribution in [-0.4, -0.2) is 59.6 Å². The number of alkyl halides is 3. The van der Waals surface area contributed by atoms with E-state index in [0.29, 0.717) is 13.0 Å². The van der Waals surface area contributed by atoms with Crippen molar-refractivity contribution in [3.8, 4) is 0 Å². The van der Waals surface area contributed by atoms with Crippen LogP contribution in [-0.2, 0) is 0 Å². The summed E-state index contributed by atoms with van der Waals surface area (Å²) in [5, 5.41) is 10.8. The first-order valence-electron chi connectivity index (χ1n) is 7.15. The monoisotopic (exact) mass is 347 g/mol.